The number of ether oxygens (including phenoxy) is 2. The molecule has 0 aromatic carbocycles. The second kappa shape index (κ2) is 6.55. The van der Waals surface area contributed by atoms with Crippen molar-refractivity contribution in [1.82, 2.24) is 0 Å². The highest BCUT2D eigenvalue weighted by Gasteiger charge is 2.45. The Morgan fingerprint density at radius 3 is 2.65 bits per heavy atom. The molecule has 4 heteroatoms. The van der Waals surface area contributed by atoms with E-state index in [4.69, 9.17) is 9.47 Å². The molecule has 1 aliphatic carbocycles. The van der Waals surface area contributed by atoms with Crippen molar-refractivity contribution < 1.29 is 14.6 Å². The molecule has 0 bridgehead atoms. The van der Waals surface area contributed by atoms with Gasteiger partial charge >= 0.3 is 0 Å². The maximum Gasteiger partial charge on any atom is 0.0864 e. The van der Waals surface area contributed by atoms with E-state index in [1.165, 1.54) is 24.3 Å². The van der Waals surface area contributed by atoms with Crippen LogP contribution in [0, 0.1) is 11.8 Å². The van der Waals surface area contributed by atoms with Crippen molar-refractivity contribution in [2.75, 3.05) is 24.7 Å². The van der Waals surface area contributed by atoms with Crippen LogP contribution >= 0.6 is 11.8 Å². The van der Waals surface area contributed by atoms with Crippen molar-refractivity contribution in [1.29, 1.82) is 0 Å². The predicted molar refractivity (Wildman–Crippen MR) is 82.1 cm³/mol. The first-order valence-corrected chi connectivity index (χ1v) is 9.41. The summed E-state index contributed by atoms with van der Waals surface area (Å²) < 4.78 is 12.0. The van der Waals surface area contributed by atoms with Crippen molar-refractivity contribution in [2.45, 2.75) is 63.3 Å². The monoisotopic (exact) mass is 300 g/mol. The largest absolute Gasteiger partial charge is 0.390 e. The highest BCUT2D eigenvalue weighted by Crippen LogP contribution is 2.44. The van der Waals surface area contributed by atoms with Gasteiger partial charge in [-0.15, -0.1) is 0 Å². The number of aliphatic hydroxyl groups excluding tert-OH is 1. The van der Waals surface area contributed by atoms with Gasteiger partial charge in [0.1, 0.15) is 0 Å². The van der Waals surface area contributed by atoms with Crippen LogP contribution in [0.4, 0.5) is 0 Å². The Bertz CT molecular complexity index is 307. The number of rotatable bonds is 5. The van der Waals surface area contributed by atoms with Gasteiger partial charge in [0.15, 0.2) is 0 Å². The molecule has 2 heterocycles. The zero-order chi connectivity index (χ0) is 14.0. The molecular weight excluding hydrogens is 272 g/mol. The SMILES string of the molecule is CCOC(C1CC1)C(O)C1CCOC2(CCSCC2)C1. The van der Waals surface area contributed by atoms with Gasteiger partial charge in [-0.3, -0.25) is 0 Å². The third kappa shape index (κ3) is 3.34. The lowest BCUT2D eigenvalue weighted by Crippen LogP contribution is -2.48. The Morgan fingerprint density at radius 2 is 2.00 bits per heavy atom. The van der Waals surface area contributed by atoms with E-state index in [9.17, 15) is 5.11 Å². The van der Waals surface area contributed by atoms with Crippen LogP contribution in [0.2, 0.25) is 0 Å². The van der Waals surface area contributed by atoms with E-state index in [1.807, 2.05) is 18.7 Å². The van der Waals surface area contributed by atoms with E-state index in [1.54, 1.807) is 0 Å². The predicted octanol–water partition coefficient (Wildman–Crippen LogP) is 2.85. The minimum atomic E-state index is -0.294. The third-order valence-electron chi connectivity index (χ3n) is 5.20. The Hall–Kier alpha value is 0.230. The van der Waals surface area contributed by atoms with Crippen LogP contribution in [0.3, 0.4) is 0 Å². The van der Waals surface area contributed by atoms with Crippen molar-refractivity contribution in [3.05, 3.63) is 0 Å². The van der Waals surface area contributed by atoms with Gasteiger partial charge in [-0.25, -0.2) is 0 Å². The molecule has 3 aliphatic rings. The fraction of sp³-hybridized carbons (Fsp3) is 1.00. The van der Waals surface area contributed by atoms with Gasteiger partial charge in [-0.1, -0.05) is 0 Å². The van der Waals surface area contributed by atoms with Gasteiger partial charge in [-0.05, 0) is 68.8 Å². The molecule has 1 spiro atoms. The molecule has 1 N–H and O–H groups in total. The molecule has 3 nitrogen and oxygen atoms in total. The molecule has 3 unspecified atom stereocenters. The number of thioether (sulfide) groups is 1. The van der Waals surface area contributed by atoms with Gasteiger partial charge in [0.2, 0.25) is 0 Å². The van der Waals surface area contributed by atoms with E-state index in [2.05, 4.69) is 0 Å². The van der Waals surface area contributed by atoms with Crippen LogP contribution in [-0.4, -0.2) is 47.6 Å². The molecule has 0 amide bonds. The van der Waals surface area contributed by atoms with Gasteiger partial charge in [0.05, 0.1) is 17.8 Å². The molecular formula is C16H28O3S. The van der Waals surface area contributed by atoms with Gasteiger partial charge in [0, 0.05) is 13.2 Å². The maximum absolute atomic E-state index is 10.8. The number of aliphatic hydroxyl groups is 1. The maximum atomic E-state index is 10.8. The highest BCUT2D eigenvalue weighted by atomic mass is 32.2. The van der Waals surface area contributed by atoms with Crippen molar-refractivity contribution in [3.63, 3.8) is 0 Å². The zero-order valence-electron chi connectivity index (χ0n) is 12.6. The topological polar surface area (TPSA) is 38.7 Å². The lowest BCUT2D eigenvalue weighted by Gasteiger charge is -2.45. The summed E-state index contributed by atoms with van der Waals surface area (Å²) in [6.07, 6.45) is 6.57. The average Bonchev–Trinajstić information content (AvgIpc) is 3.29. The van der Waals surface area contributed by atoms with E-state index < -0.39 is 0 Å². The van der Waals surface area contributed by atoms with E-state index >= 15 is 0 Å². The molecule has 0 radical (unpaired) electrons. The normalized spacial score (nSPS) is 33.0. The average molecular weight is 300 g/mol. The lowest BCUT2D eigenvalue weighted by atomic mass is 9.78. The number of hydrogen-bond donors (Lipinski definition) is 1. The molecule has 3 fully saturated rings. The van der Waals surface area contributed by atoms with Crippen LogP contribution in [0.25, 0.3) is 0 Å². The first-order chi connectivity index (χ1) is 9.74. The lowest BCUT2D eigenvalue weighted by molar-refractivity contribution is -0.144. The standard InChI is InChI=1S/C16H28O3S/c1-2-18-15(12-3-4-12)14(17)13-5-8-19-16(11-13)6-9-20-10-7-16/h12-15,17H,2-11H2,1H3. The van der Waals surface area contributed by atoms with Crippen LogP contribution in [0.15, 0.2) is 0 Å². The molecule has 2 saturated heterocycles. The Balaban J connectivity index is 1.62. The third-order valence-corrected chi connectivity index (χ3v) is 6.19. The molecule has 2 aliphatic heterocycles. The summed E-state index contributed by atoms with van der Waals surface area (Å²) in [7, 11) is 0. The minimum Gasteiger partial charge on any atom is -0.390 e. The zero-order valence-corrected chi connectivity index (χ0v) is 13.4. The Morgan fingerprint density at radius 1 is 1.25 bits per heavy atom. The van der Waals surface area contributed by atoms with E-state index in [0.717, 1.165) is 32.3 Å². The molecule has 3 atom stereocenters. The second-order valence-corrected chi connectivity index (χ2v) is 7.87. The first kappa shape index (κ1) is 15.1. The molecule has 1 saturated carbocycles. The minimum absolute atomic E-state index is 0.0649. The Labute approximate surface area is 126 Å². The summed E-state index contributed by atoms with van der Waals surface area (Å²) in [6, 6.07) is 0. The Kier molecular flexibility index (Phi) is 4.96. The smallest absolute Gasteiger partial charge is 0.0864 e. The van der Waals surface area contributed by atoms with E-state index in [-0.39, 0.29) is 17.8 Å². The van der Waals surface area contributed by atoms with Gasteiger partial charge in [0.25, 0.3) is 0 Å². The summed E-state index contributed by atoms with van der Waals surface area (Å²) in [5, 5.41) is 10.8. The quantitative estimate of drug-likeness (QED) is 0.847. The molecule has 20 heavy (non-hydrogen) atoms. The van der Waals surface area contributed by atoms with Crippen molar-refractivity contribution in [3.8, 4) is 0 Å². The highest BCUT2D eigenvalue weighted by molar-refractivity contribution is 7.99. The molecule has 0 aromatic heterocycles. The summed E-state index contributed by atoms with van der Waals surface area (Å²) in [5.41, 5.74) is 0.0649. The first-order valence-electron chi connectivity index (χ1n) is 8.25. The van der Waals surface area contributed by atoms with Crippen LogP contribution in [0.5, 0.6) is 0 Å². The van der Waals surface area contributed by atoms with Crippen molar-refractivity contribution in [2.24, 2.45) is 11.8 Å². The summed E-state index contributed by atoms with van der Waals surface area (Å²) in [6.45, 7) is 3.56. The van der Waals surface area contributed by atoms with Crippen molar-refractivity contribution >= 4 is 11.8 Å². The van der Waals surface area contributed by atoms with Crippen LogP contribution in [0.1, 0.15) is 45.4 Å². The van der Waals surface area contributed by atoms with Gasteiger partial charge in [-0.2, -0.15) is 11.8 Å². The van der Waals surface area contributed by atoms with E-state index in [0.29, 0.717) is 18.4 Å². The summed E-state index contributed by atoms with van der Waals surface area (Å²) in [4.78, 5) is 0. The van der Waals surface area contributed by atoms with Crippen LogP contribution in [-0.2, 0) is 9.47 Å². The molecule has 3 rings (SSSR count). The van der Waals surface area contributed by atoms with Gasteiger partial charge < -0.3 is 14.6 Å². The fourth-order valence-corrected chi connectivity index (χ4v) is 5.08. The molecule has 0 aromatic rings. The molecule has 116 valence electrons. The fourth-order valence-electron chi connectivity index (χ4n) is 3.85. The summed E-state index contributed by atoms with van der Waals surface area (Å²) >= 11 is 2.03. The number of hydrogen-bond acceptors (Lipinski definition) is 4. The van der Waals surface area contributed by atoms with Crippen LogP contribution < -0.4 is 0 Å². The summed E-state index contributed by atoms with van der Waals surface area (Å²) in [5.74, 6) is 3.38. The second-order valence-electron chi connectivity index (χ2n) is 6.64.